The fraction of sp³-hybridized carbons (Fsp3) is 0.632. The third-order valence-electron chi connectivity index (χ3n) is 5.14. The Morgan fingerprint density at radius 1 is 1.33 bits per heavy atom. The van der Waals surface area contributed by atoms with E-state index >= 15 is 0 Å². The second kappa shape index (κ2) is 8.08. The molecule has 0 aliphatic heterocycles. The van der Waals surface area contributed by atoms with E-state index in [-0.39, 0.29) is 23.3 Å². The van der Waals surface area contributed by atoms with Crippen molar-refractivity contribution in [3.05, 3.63) is 35.6 Å². The van der Waals surface area contributed by atoms with Crippen LogP contribution in [0.2, 0.25) is 0 Å². The highest BCUT2D eigenvalue weighted by atomic mass is 19.1. The van der Waals surface area contributed by atoms with Crippen LogP contribution in [-0.4, -0.2) is 29.1 Å². The lowest BCUT2D eigenvalue weighted by Gasteiger charge is -2.40. The van der Waals surface area contributed by atoms with Crippen molar-refractivity contribution in [3.8, 4) is 0 Å². The molecule has 0 bridgehead atoms. The molecule has 1 amide bonds. The van der Waals surface area contributed by atoms with Crippen LogP contribution < -0.4 is 10.6 Å². The summed E-state index contributed by atoms with van der Waals surface area (Å²) in [6, 6.07) is 6.38. The Morgan fingerprint density at radius 3 is 2.58 bits per heavy atom. The van der Waals surface area contributed by atoms with Crippen LogP contribution >= 0.6 is 0 Å². The van der Waals surface area contributed by atoms with E-state index in [0.717, 1.165) is 25.7 Å². The molecule has 5 heteroatoms. The van der Waals surface area contributed by atoms with Gasteiger partial charge in [0.15, 0.2) is 0 Å². The number of β-amino-alcohol motifs (C(OH)–C–C–N with tert-alkyl or cyclic N) is 1. The lowest BCUT2D eigenvalue weighted by atomic mass is 9.75. The quantitative estimate of drug-likeness (QED) is 0.748. The van der Waals surface area contributed by atoms with E-state index in [1.807, 2.05) is 0 Å². The first-order chi connectivity index (χ1) is 11.3. The van der Waals surface area contributed by atoms with Crippen LogP contribution in [0.25, 0.3) is 0 Å². The van der Waals surface area contributed by atoms with Gasteiger partial charge in [-0.05, 0) is 63.1 Å². The topological polar surface area (TPSA) is 61.4 Å². The van der Waals surface area contributed by atoms with Gasteiger partial charge in [0.05, 0.1) is 6.10 Å². The molecule has 0 spiro atoms. The maximum absolute atomic E-state index is 13.3. The molecule has 4 nitrogen and oxygen atoms in total. The molecule has 1 fully saturated rings. The lowest BCUT2D eigenvalue weighted by Crippen LogP contribution is -2.50. The number of hydrogen-bond acceptors (Lipinski definition) is 3. The minimum Gasteiger partial charge on any atom is -0.387 e. The third-order valence-corrected chi connectivity index (χ3v) is 5.14. The van der Waals surface area contributed by atoms with Crippen molar-refractivity contribution in [2.45, 2.75) is 64.1 Å². The standard InChI is InChI=1S/C19H29FN2O2/c1-13(23)22-17-9-7-15(8-10-17)19(2,3)21-12-18(24)14-5-4-6-16(20)11-14/h4-6,11,15,17-18,21,24H,7-10,12H2,1-3H3,(H,22,23)/t15?,17?,18-/m0/s1. The summed E-state index contributed by atoms with van der Waals surface area (Å²) in [4.78, 5) is 11.1. The molecule has 0 unspecified atom stereocenters. The Morgan fingerprint density at radius 2 is 2.00 bits per heavy atom. The second-order valence-corrected chi connectivity index (χ2v) is 7.42. The van der Waals surface area contributed by atoms with Gasteiger partial charge in [-0.2, -0.15) is 0 Å². The Labute approximate surface area is 143 Å². The number of nitrogens with one attached hydrogen (secondary N) is 2. The van der Waals surface area contributed by atoms with E-state index in [0.29, 0.717) is 18.0 Å². The average Bonchev–Trinajstić information content (AvgIpc) is 2.52. The molecule has 0 aromatic heterocycles. The first kappa shape index (κ1) is 18.9. The molecule has 3 N–H and O–H groups in total. The van der Waals surface area contributed by atoms with Crippen LogP contribution in [0.3, 0.4) is 0 Å². The maximum atomic E-state index is 13.3. The van der Waals surface area contributed by atoms with Crippen molar-refractivity contribution >= 4 is 5.91 Å². The van der Waals surface area contributed by atoms with Crippen LogP contribution in [0.4, 0.5) is 4.39 Å². The minimum atomic E-state index is -0.726. The number of rotatable bonds is 6. The van der Waals surface area contributed by atoms with E-state index in [1.54, 1.807) is 19.1 Å². The first-order valence-corrected chi connectivity index (χ1v) is 8.73. The highest BCUT2D eigenvalue weighted by molar-refractivity contribution is 5.73. The van der Waals surface area contributed by atoms with Gasteiger partial charge in [0.25, 0.3) is 0 Å². The summed E-state index contributed by atoms with van der Waals surface area (Å²) >= 11 is 0. The monoisotopic (exact) mass is 336 g/mol. The summed E-state index contributed by atoms with van der Waals surface area (Å²) in [5.41, 5.74) is 0.475. The summed E-state index contributed by atoms with van der Waals surface area (Å²) in [6.07, 6.45) is 3.33. The number of aliphatic hydroxyl groups excluding tert-OH is 1. The van der Waals surface area contributed by atoms with Gasteiger partial charge >= 0.3 is 0 Å². The number of aliphatic hydroxyl groups is 1. The molecule has 24 heavy (non-hydrogen) atoms. The van der Waals surface area contributed by atoms with Crippen LogP contribution in [0, 0.1) is 11.7 Å². The number of amides is 1. The zero-order chi connectivity index (χ0) is 17.7. The van der Waals surface area contributed by atoms with Crippen molar-refractivity contribution in [2.75, 3.05) is 6.54 Å². The molecular weight excluding hydrogens is 307 g/mol. The van der Waals surface area contributed by atoms with Crippen molar-refractivity contribution in [1.29, 1.82) is 0 Å². The molecule has 0 heterocycles. The van der Waals surface area contributed by atoms with Crippen molar-refractivity contribution in [1.82, 2.24) is 10.6 Å². The maximum Gasteiger partial charge on any atom is 0.217 e. The van der Waals surface area contributed by atoms with Gasteiger partial charge in [0.1, 0.15) is 5.82 Å². The Kier molecular flexibility index (Phi) is 6.35. The lowest BCUT2D eigenvalue weighted by molar-refractivity contribution is -0.119. The molecule has 2 rings (SSSR count). The van der Waals surface area contributed by atoms with Crippen molar-refractivity contribution in [3.63, 3.8) is 0 Å². The van der Waals surface area contributed by atoms with Gasteiger partial charge in [-0.1, -0.05) is 12.1 Å². The van der Waals surface area contributed by atoms with Gasteiger partial charge in [-0.25, -0.2) is 4.39 Å². The van der Waals surface area contributed by atoms with Gasteiger partial charge in [-0.3, -0.25) is 4.79 Å². The number of halogens is 1. The minimum absolute atomic E-state index is 0.0362. The van der Waals surface area contributed by atoms with Crippen LogP contribution in [0.15, 0.2) is 24.3 Å². The number of hydrogen-bond donors (Lipinski definition) is 3. The highest BCUT2D eigenvalue weighted by Gasteiger charge is 2.33. The summed E-state index contributed by atoms with van der Waals surface area (Å²) < 4.78 is 13.3. The molecule has 1 aromatic carbocycles. The predicted molar refractivity (Wildman–Crippen MR) is 93.0 cm³/mol. The number of carbonyl (C=O) groups is 1. The molecule has 1 aliphatic carbocycles. The van der Waals surface area contributed by atoms with E-state index in [9.17, 15) is 14.3 Å². The molecule has 1 saturated carbocycles. The van der Waals surface area contributed by atoms with Gasteiger partial charge < -0.3 is 15.7 Å². The molecular formula is C19H29FN2O2. The van der Waals surface area contributed by atoms with Crippen molar-refractivity contribution in [2.24, 2.45) is 5.92 Å². The van der Waals surface area contributed by atoms with E-state index in [4.69, 9.17) is 0 Å². The summed E-state index contributed by atoms with van der Waals surface area (Å²) in [5.74, 6) is 0.193. The normalized spacial score (nSPS) is 22.9. The fourth-order valence-electron chi connectivity index (χ4n) is 3.58. The predicted octanol–water partition coefficient (Wildman–Crippen LogP) is 2.92. The fourth-order valence-corrected chi connectivity index (χ4v) is 3.58. The van der Waals surface area contributed by atoms with Crippen LogP contribution in [-0.2, 0) is 4.79 Å². The smallest absolute Gasteiger partial charge is 0.217 e. The van der Waals surface area contributed by atoms with Gasteiger partial charge in [0, 0.05) is 25.0 Å². The Bertz CT molecular complexity index is 554. The largest absolute Gasteiger partial charge is 0.387 e. The summed E-state index contributed by atoms with van der Waals surface area (Å²) in [5, 5.41) is 16.7. The SMILES string of the molecule is CC(=O)NC1CCC(C(C)(C)NC[C@H](O)c2cccc(F)c2)CC1. The van der Waals surface area contributed by atoms with Crippen molar-refractivity contribution < 1.29 is 14.3 Å². The first-order valence-electron chi connectivity index (χ1n) is 8.73. The zero-order valence-electron chi connectivity index (χ0n) is 14.8. The number of carbonyl (C=O) groups excluding carboxylic acids is 1. The molecule has 1 aromatic rings. The zero-order valence-corrected chi connectivity index (χ0v) is 14.8. The summed E-state index contributed by atoms with van der Waals surface area (Å²) in [6.45, 7) is 6.25. The van der Waals surface area contributed by atoms with Gasteiger partial charge in [0.2, 0.25) is 5.91 Å². The van der Waals surface area contributed by atoms with Crippen LogP contribution in [0.1, 0.15) is 58.1 Å². The van der Waals surface area contributed by atoms with Crippen LogP contribution in [0.5, 0.6) is 0 Å². The molecule has 0 saturated heterocycles. The number of benzene rings is 1. The highest BCUT2D eigenvalue weighted by Crippen LogP contribution is 2.33. The molecule has 0 radical (unpaired) electrons. The van der Waals surface area contributed by atoms with E-state index in [2.05, 4.69) is 24.5 Å². The van der Waals surface area contributed by atoms with Gasteiger partial charge in [-0.15, -0.1) is 0 Å². The summed E-state index contributed by atoms with van der Waals surface area (Å²) in [7, 11) is 0. The average molecular weight is 336 g/mol. The second-order valence-electron chi connectivity index (χ2n) is 7.42. The molecule has 1 aliphatic rings. The van der Waals surface area contributed by atoms with E-state index < -0.39 is 6.10 Å². The molecule has 1 atom stereocenters. The third kappa shape index (κ3) is 5.28. The Hall–Kier alpha value is -1.46. The molecule has 134 valence electrons. The van der Waals surface area contributed by atoms with E-state index in [1.165, 1.54) is 12.1 Å². The Balaban J connectivity index is 1.84.